The van der Waals surface area contributed by atoms with Crippen molar-refractivity contribution < 1.29 is 4.42 Å². The topological polar surface area (TPSA) is 25.2 Å². The largest absolute Gasteiger partial charge is 0.444 e. The van der Waals surface area contributed by atoms with Gasteiger partial charge in [0.2, 0.25) is 0 Å². The first-order chi connectivity index (χ1) is 10.3. The van der Waals surface area contributed by atoms with E-state index in [-0.39, 0.29) is 0 Å². The molecule has 0 saturated heterocycles. The zero-order chi connectivity index (χ0) is 14.5. The van der Waals surface area contributed by atoms with Gasteiger partial charge in [0.05, 0.1) is 0 Å². The molecule has 3 rings (SSSR count). The predicted molar refractivity (Wildman–Crippen MR) is 87.7 cm³/mol. The van der Waals surface area contributed by atoms with Gasteiger partial charge in [0.25, 0.3) is 0 Å². The summed E-state index contributed by atoms with van der Waals surface area (Å²) in [5.41, 5.74) is 3.28. The molecule has 2 nitrogen and oxygen atoms in total. The molecule has 1 N–H and O–H groups in total. The fourth-order valence-corrected chi connectivity index (χ4v) is 2.76. The minimum absolute atomic E-state index is 0.492. The Hall–Kier alpha value is -1.77. The van der Waals surface area contributed by atoms with E-state index in [2.05, 4.69) is 29.6 Å². The Morgan fingerprint density at radius 1 is 0.952 bits per heavy atom. The lowest BCUT2D eigenvalue weighted by Gasteiger charge is -2.04. The quantitative estimate of drug-likeness (QED) is 0.661. The fourth-order valence-electron chi connectivity index (χ4n) is 2.51. The third kappa shape index (κ3) is 3.46. The molecule has 0 fully saturated rings. The van der Waals surface area contributed by atoms with Crippen molar-refractivity contribution in [1.82, 2.24) is 5.32 Å². The summed E-state index contributed by atoms with van der Waals surface area (Å²) in [6, 6.07) is 18.5. The van der Waals surface area contributed by atoms with Gasteiger partial charge < -0.3 is 9.73 Å². The van der Waals surface area contributed by atoms with Crippen molar-refractivity contribution >= 4 is 22.6 Å². The molecule has 0 atom stereocenters. The van der Waals surface area contributed by atoms with E-state index >= 15 is 0 Å². The van der Waals surface area contributed by atoms with Gasteiger partial charge in [0, 0.05) is 17.5 Å². The minimum atomic E-state index is 0.492. The number of benzene rings is 2. The lowest BCUT2D eigenvalue weighted by molar-refractivity contribution is 0.600. The van der Waals surface area contributed by atoms with Crippen LogP contribution in [-0.2, 0) is 13.0 Å². The standard InChI is InChI=1S/C18H18ClNO/c19-18-16(15-10-4-5-11-17(15)21-18)13-20-12-6-9-14-7-2-1-3-8-14/h1-5,7-8,10-11,20H,6,9,12-13H2. The van der Waals surface area contributed by atoms with Crippen LogP contribution in [0.2, 0.25) is 5.22 Å². The fraction of sp³-hybridized carbons (Fsp3) is 0.222. The van der Waals surface area contributed by atoms with Gasteiger partial charge in [-0.3, -0.25) is 0 Å². The van der Waals surface area contributed by atoms with Gasteiger partial charge >= 0.3 is 0 Å². The lowest BCUT2D eigenvalue weighted by atomic mass is 10.1. The summed E-state index contributed by atoms with van der Waals surface area (Å²) in [6.45, 7) is 1.70. The molecule has 2 aromatic carbocycles. The molecule has 3 aromatic rings. The van der Waals surface area contributed by atoms with Crippen LogP contribution in [0.25, 0.3) is 11.0 Å². The first-order valence-electron chi connectivity index (χ1n) is 7.25. The maximum absolute atomic E-state index is 6.17. The van der Waals surface area contributed by atoms with Crippen LogP contribution in [0.3, 0.4) is 0 Å². The average Bonchev–Trinajstić information content (AvgIpc) is 2.84. The minimum Gasteiger partial charge on any atom is -0.444 e. The number of furan rings is 1. The number of nitrogens with one attached hydrogen (secondary N) is 1. The van der Waals surface area contributed by atoms with Crippen molar-refractivity contribution in [1.29, 1.82) is 0 Å². The highest BCUT2D eigenvalue weighted by Gasteiger charge is 2.10. The summed E-state index contributed by atoms with van der Waals surface area (Å²) in [5, 5.41) is 5.03. The Balaban J connectivity index is 1.52. The third-order valence-corrected chi connectivity index (χ3v) is 3.92. The highest BCUT2D eigenvalue weighted by molar-refractivity contribution is 6.30. The van der Waals surface area contributed by atoms with E-state index in [0.29, 0.717) is 5.22 Å². The second-order valence-corrected chi connectivity index (χ2v) is 5.46. The van der Waals surface area contributed by atoms with Crippen LogP contribution in [0.5, 0.6) is 0 Å². The normalized spacial score (nSPS) is 11.1. The van der Waals surface area contributed by atoms with E-state index in [4.69, 9.17) is 16.0 Å². The van der Waals surface area contributed by atoms with E-state index in [1.807, 2.05) is 30.3 Å². The van der Waals surface area contributed by atoms with Gasteiger partial charge in [-0.05, 0) is 42.6 Å². The average molecular weight is 300 g/mol. The van der Waals surface area contributed by atoms with Crippen LogP contribution in [0.15, 0.2) is 59.0 Å². The Morgan fingerprint density at radius 2 is 1.71 bits per heavy atom. The number of rotatable bonds is 6. The molecule has 1 heterocycles. The number of fused-ring (bicyclic) bond motifs is 1. The second-order valence-electron chi connectivity index (χ2n) is 5.12. The van der Waals surface area contributed by atoms with E-state index in [1.165, 1.54) is 5.56 Å². The molecule has 0 aliphatic heterocycles. The molecule has 0 radical (unpaired) electrons. The molecule has 21 heavy (non-hydrogen) atoms. The molecule has 108 valence electrons. The maximum Gasteiger partial charge on any atom is 0.199 e. The Morgan fingerprint density at radius 3 is 2.57 bits per heavy atom. The highest BCUT2D eigenvalue weighted by Crippen LogP contribution is 2.29. The molecule has 0 saturated carbocycles. The van der Waals surface area contributed by atoms with Gasteiger partial charge in [0.1, 0.15) is 5.58 Å². The Kier molecular flexibility index (Phi) is 4.59. The van der Waals surface area contributed by atoms with Crippen molar-refractivity contribution in [3.8, 4) is 0 Å². The van der Waals surface area contributed by atoms with Gasteiger partial charge in [0.15, 0.2) is 5.22 Å². The first kappa shape index (κ1) is 14.2. The van der Waals surface area contributed by atoms with E-state index in [0.717, 1.165) is 42.5 Å². The van der Waals surface area contributed by atoms with Crippen molar-refractivity contribution in [2.45, 2.75) is 19.4 Å². The zero-order valence-electron chi connectivity index (χ0n) is 11.8. The first-order valence-corrected chi connectivity index (χ1v) is 7.63. The van der Waals surface area contributed by atoms with Crippen LogP contribution < -0.4 is 5.32 Å². The lowest BCUT2D eigenvalue weighted by Crippen LogP contribution is -2.15. The van der Waals surface area contributed by atoms with Crippen LogP contribution in [-0.4, -0.2) is 6.54 Å². The monoisotopic (exact) mass is 299 g/mol. The number of aryl methyl sites for hydroxylation is 1. The van der Waals surface area contributed by atoms with Crippen molar-refractivity contribution in [2.24, 2.45) is 0 Å². The van der Waals surface area contributed by atoms with Crippen molar-refractivity contribution in [3.63, 3.8) is 0 Å². The van der Waals surface area contributed by atoms with Crippen LogP contribution in [0, 0.1) is 0 Å². The number of halogens is 1. The second kappa shape index (κ2) is 6.79. The Bertz CT molecular complexity index is 706. The van der Waals surface area contributed by atoms with E-state index < -0.39 is 0 Å². The molecular weight excluding hydrogens is 282 g/mol. The molecular formula is C18H18ClNO. The SMILES string of the molecule is Clc1oc2ccccc2c1CNCCCc1ccccc1. The number of para-hydroxylation sites is 1. The van der Waals surface area contributed by atoms with Crippen LogP contribution in [0.4, 0.5) is 0 Å². The highest BCUT2D eigenvalue weighted by atomic mass is 35.5. The van der Waals surface area contributed by atoms with Gasteiger partial charge in [-0.1, -0.05) is 48.5 Å². The number of hydrogen-bond acceptors (Lipinski definition) is 2. The maximum atomic E-state index is 6.17. The Labute approximate surface area is 129 Å². The predicted octanol–water partition coefficient (Wildman–Crippen LogP) is 4.81. The summed E-state index contributed by atoms with van der Waals surface area (Å²) >= 11 is 6.17. The van der Waals surface area contributed by atoms with E-state index in [9.17, 15) is 0 Å². The molecule has 0 unspecified atom stereocenters. The summed E-state index contributed by atoms with van der Waals surface area (Å²) in [7, 11) is 0. The van der Waals surface area contributed by atoms with Gasteiger partial charge in [-0.25, -0.2) is 0 Å². The molecule has 1 aromatic heterocycles. The number of hydrogen-bond donors (Lipinski definition) is 1. The molecule has 0 aliphatic rings. The summed E-state index contributed by atoms with van der Waals surface area (Å²) in [6.07, 6.45) is 2.20. The molecule has 0 aliphatic carbocycles. The smallest absolute Gasteiger partial charge is 0.199 e. The summed E-state index contributed by atoms with van der Waals surface area (Å²) in [5.74, 6) is 0. The van der Waals surface area contributed by atoms with Crippen molar-refractivity contribution in [3.05, 3.63) is 70.9 Å². The molecule has 3 heteroatoms. The van der Waals surface area contributed by atoms with E-state index in [1.54, 1.807) is 0 Å². The summed E-state index contributed by atoms with van der Waals surface area (Å²) in [4.78, 5) is 0. The van der Waals surface area contributed by atoms with Crippen LogP contribution >= 0.6 is 11.6 Å². The molecule has 0 spiro atoms. The van der Waals surface area contributed by atoms with Gasteiger partial charge in [-0.15, -0.1) is 0 Å². The van der Waals surface area contributed by atoms with Crippen LogP contribution in [0.1, 0.15) is 17.5 Å². The third-order valence-electron chi connectivity index (χ3n) is 3.61. The molecule has 0 bridgehead atoms. The van der Waals surface area contributed by atoms with Crippen molar-refractivity contribution in [2.75, 3.05) is 6.54 Å². The zero-order valence-corrected chi connectivity index (χ0v) is 12.6. The molecule has 0 amide bonds. The summed E-state index contributed by atoms with van der Waals surface area (Å²) < 4.78 is 5.55. The van der Waals surface area contributed by atoms with Gasteiger partial charge in [-0.2, -0.15) is 0 Å².